The molecule has 2 heterocycles. The molecule has 9 heteroatoms. The van der Waals surface area contributed by atoms with Crippen LogP contribution < -0.4 is 5.56 Å². The number of alkyl halides is 3. The Morgan fingerprint density at radius 1 is 0.853 bits per heavy atom. The van der Waals surface area contributed by atoms with Crippen molar-refractivity contribution in [2.24, 2.45) is 0 Å². The van der Waals surface area contributed by atoms with Crippen molar-refractivity contribution >= 4 is 28.8 Å². The molecule has 1 N–H and O–H groups in total. The molecule has 0 spiro atoms. The third kappa shape index (κ3) is 3.97. The van der Waals surface area contributed by atoms with Gasteiger partial charge in [0.15, 0.2) is 0 Å². The Morgan fingerprint density at radius 3 is 2.21 bits per heavy atom. The third-order valence-corrected chi connectivity index (χ3v) is 5.93. The van der Waals surface area contributed by atoms with Crippen molar-refractivity contribution in [2.45, 2.75) is 6.18 Å². The predicted octanol–water partition coefficient (Wildman–Crippen LogP) is 7.35. The van der Waals surface area contributed by atoms with Gasteiger partial charge in [0.1, 0.15) is 11.3 Å². The Balaban J connectivity index is 1.78. The van der Waals surface area contributed by atoms with Gasteiger partial charge in [-0.1, -0.05) is 71.7 Å². The van der Waals surface area contributed by atoms with E-state index in [1.165, 1.54) is 22.7 Å². The minimum Gasteiger partial charge on any atom is -0.339 e. The van der Waals surface area contributed by atoms with Gasteiger partial charge in [0.25, 0.3) is 5.56 Å². The molecule has 0 unspecified atom stereocenters. The molecule has 0 aliphatic heterocycles. The minimum atomic E-state index is -4.45. The summed E-state index contributed by atoms with van der Waals surface area (Å²) in [6.45, 7) is 0. The maximum atomic E-state index is 13.0. The van der Waals surface area contributed by atoms with Gasteiger partial charge in [0.05, 0.1) is 21.8 Å². The number of H-pyrrole nitrogens is 1. The fourth-order valence-electron chi connectivity index (χ4n) is 3.78. The van der Waals surface area contributed by atoms with Crippen LogP contribution >= 0.6 is 23.2 Å². The highest BCUT2D eigenvalue weighted by molar-refractivity contribution is 6.36. The Hall–Kier alpha value is -3.55. The second-order valence-electron chi connectivity index (χ2n) is 7.57. The van der Waals surface area contributed by atoms with Gasteiger partial charge in [0, 0.05) is 22.2 Å². The average molecular weight is 500 g/mol. The molecule has 5 rings (SSSR count). The number of hydrogen-bond acceptors (Lipinski definition) is 2. The fraction of sp³-hybridized carbons (Fsp3) is 0.0400. The first-order chi connectivity index (χ1) is 16.2. The topological polar surface area (TPSA) is 50.2 Å². The lowest BCUT2D eigenvalue weighted by Gasteiger charge is -2.09. The number of aromatic nitrogens is 3. The normalized spacial score (nSPS) is 11.8. The number of halogens is 5. The fourth-order valence-corrected chi connectivity index (χ4v) is 4.28. The third-order valence-electron chi connectivity index (χ3n) is 5.39. The van der Waals surface area contributed by atoms with Crippen molar-refractivity contribution in [1.82, 2.24) is 14.6 Å². The van der Waals surface area contributed by atoms with Crippen LogP contribution in [0.4, 0.5) is 13.2 Å². The van der Waals surface area contributed by atoms with E-state index in [1.807, 2.05) is 30.3 Å². The van der Waals surface area contributed by atoms with E-state index < -0.39 is 17.3 Å². The molecule has 0 aliphatic rings. The molecule has 34 heavy (non-hydrogen) atoms. The quantitative estimate of drug-likeness (QED) is 0.282. The first-order valence-electron chi connectivity index (χ1n) is 10.1. The van der Waals surface area contributed by atoms with Crippen molar-refractivity contribution in [3.05, 3.63) is 105 Å². The van der Waals surface area contributed by atoms with Crippen LogP contribution in [0.15, 0.2) is 83.7 Å². The Labute approximate surface area is 201 Å². The van der Waals surface area contributed by atoms with E-state index in [0.29, 0.717) is 43.8 Å². The lowest BCUT2D eigenvalue weighted by Crippen LogP contribution is -2.14. The maximum absolute atomic E-state index is 13.0. The molecule has 0 amide bonds. The predicted molar refractivity (Wildman–Crippen MR) is 127 cm³/mol. The number of fused-ring (bicyclic) bond motifs is 1. The second-order valence-corrected chi connectivity index (χ2v) is 8.41. The summed E-state index contributed by atoms with van der Waals surface area (Å²) in [5, 5.41) is 5.35. The number of nitrogens with zero attached hydrogens (tertiary/aromatic N) is 2. The van der Waals surface area contributed by atoms with Crippen molar-refractivity contribution in [3.8, 4) is 33.6 Å². The zero-order chi connectivity index (χ0) is 24.0. The monoisotopic (exact) mass is 499 g/mol. The molecule has 170 valence electrons. The number of hydrogen-bond donors (Lipinski definition) is 1. The van der Waals surface area contributed by atoms with E-state index in [0.717, 1.165) is 17.7 Å². The Bertz CT molecular complexity index is 1570. The Kier molecular flexibility index (Phi) is 5.46. The largest absolute Gasteiger partial charge is 0.416 e. The molecule has 4 nitrogen and oxygen atoms in total. The Morgan fingerprint density at radius 2 is 1.56 bits per heavy atom. The summed E-state index contributed by atoms with van der Waals surface area (Å²) in [6.07, 6.45) is -4.45. The molecule has 0 aliphatic carbocycles. The zero-order valence-corrected chi connectivity index (χ0v) is 18.7. The number of benzene rings is 3. The van der Waals surface area contributed by atoms with Crippen molar-refractivity contribution in [2.75, 3.05) is 0 Å². The molecule has 0 saturated carbocycles. The van der Waals surface area contributed by atoms with E-state index >= 15 is 0 Å². The molecular formula is C25H14Cl2F3N3O. The van der Waals surface area contributed by atoms with Gasteiger partial charge in [-0.25, -0.2) is 0 Å². The van der Waals surface area contributed by atoms with E-state index in [-0.39, 0.29) is 0 Å². The molecule has 3 aromatic carbocycles. The highest BCUT2D eigenvalue weighted by Crippen LogP contribution is 2.39. The van der Waals surface area contributed by atoms with Crippen molar-refractivity contribution in [3.63, 3.8) is 0 Å². The average Bonchev–Trinajstić information content (AvgIpc) is 3.19. The van der Waals surface area contributed by atoms with Crippen LogP contribution in [0.2, 0.25) is 10.0 Å². The summed E-state index contributed by atoms with van der Waals surface area (Å²) < 4.78 is 40.1. The van der Waals surface area contributed by atoms with E-state index in [2.05, 4.69) is 10.1 Å². The maximum Gasteiger partial charge on any atom is 0.416 e. The standard InChI is InChI=1S/C25H14Cl2F3N3O/c26-17-10-11-18(19(27)12-17)22-23(15-4-2-1-3-5-15)32-33-21(34)13-20(31-24(22)33)14-6-8-16(9-7-14)25(28,29)30/h1-13,31H. The van der Waals surface area contributed by atoms with Gasteiger partial charge in [-0.2, -0.15) is 22.8 Å². The van der Waals surface area contributed by atoms with Gasteiger partial charge in [-0.05, 0) is 29.8 Å². The van der Waals surface area contributed by atoms with Gasteiger partial charge in [0.2, 0.25) is 0 Å². The summed E-state index contributed by atoms with van der Waals surface area (Å²) in [4.78, 5) is 16.2. The lowest BCUT2D eigenvalue weighted by atomic mass is 10.0. The number of rotatable bonds is 3. The SMILES string of the molecule is O=c1cc(-c2ccc(C(F)(F)F)cc2)[nH]c2c(-c3ccc(Cl)cc3Cl)c(-c3ccccc3)nn12. The van der Waals surface area contributed by atoms with Gasteiger partial charge in [-0.15, -0.1) is 0 Å². The van der Waals surface area contributed by atoms with Crippen LogP contribution in [0, 0.1) is 0 Å². The second kappa shape index (κ2) is 8.34. The molecule has 0 radical (unpaired) electrons. The summed E-state index contributed by atoms with van der Waals surface area (Å²) in [7, 11) is 0. The van der Waals surface area contributed by atoms with Crippen molar-refractivity contribution in [1.29, 1.82) is 0 Å². The van der Waals surface area contributed by atoms with Gasteiger partial charge < -0.3 is 4.98 Å². The van der Waals surface area contributed by atoms with Crippen LogP contribution in [-0.2, 0) is 6.18 Å². The van der Waals surface area contributed by atoms with E-state index in [4.69, 9.17) is 23.2 Å². The van der Waals surface area contributed by atoms with E-state index in [1.54, 1.807) is 18.2 Å². The van der Waals surface area contributed by atoms with Crippen LogP contribution in [0.25, 0.3) is 39.3 Å². The first kappa shape index (κ1) is 22.3. The highest BCUT2D eigenvalue weighted by atomic mass is 35.5. The summed E-state index contributed by atoms with van der Waals surface area (Å²) in [5.41, 5.74) is 2.34. The van der Waals surface area contributed by atoms with Crippen LogP contribution in [0.5, 0.6) is 0 Å². The van der Waals surface area contributed by atoms with Crippen LogP contribution in [-0.4, -0.2) is 14.6 Å². The van der Waals surface area contributed by atoms with Crippen molar-refractivity contribution < 1.29 is 13.2 Å². The number of aromatic amines is 1. The molecule has 0 fully saturated rings. The van der Waals surface area contributed by atoms with Crippen LogP contribution in [0.3, 0.4) is 0 Å². The van der Waals surface area contributed by atoms with Crippen LogP contribution in [0.1, 0.15) is 5.56 Å². The zero-order valence-electron chi connectivity index (χ0n) is 17.2. The molecule has 5 aromatic rings. The van der Waals surface area contributed by atoms with Gasteiger partial charge >= 0.3 is 6.18 Å². The summed E-state index contributed by atoms with van der Waals surface area (Å²) in [5.74, 6) is 0. The molecule has 0 atom stereocenters. The highest BCUT2D eigenvalue weighted by Gasteiger charge is 2.30. The van der Waals surface area contributed by atoms with E-state index in [9.17, 15) is 18.0 Å². The first-order valence-corrected chi connectivity index (χ1v) is 10.8. The minimum absolute atomic E-state index is 0.345. The summed E-state index contributed by atoms with van der Waals surface area (Å²) in [6, 6.07) is 20.2. The molecular weight excluding hydrogens is 486 g/mol. The summed E-state index contributed by atoms with van der Waals surface area (Å²) >= 11 is 12.6. The molecule has 0 bridgehead atoms. The smallest absolute Gasteiger partial charge is 0.339 e. The lowest BCUT2D eigenvalue weighted by molar-refractivity contribution is -0.137. The molecule has 0 saturated heterocycles. The van der Waals surface area contributed by atoms with Gasteiger partial charge in [-0.3, -0.25) is 4.79 Å². The number of nitrogens with one attached hydrogen (secondary N) is 1. The molecule has 2 aromatic heterocycles.